The summed E-state index contributed by atoms with van der Waals surface area (Å²) in [4.78, 5) is 90.9. The zero-order chi connectivity index (χ0) is 38.1. The molecule has 0 spiro atoms. The maximum atomic E-state index is 13.1. The third-order valence-electron chi connectivity index (χ3n) is 8.48. The number of hydrogen-bond donors (Lipinski definition) is 5. The number of carbonyl (C=O) groups excluding carboxylic acids is 7. The lowest BCUT2D eigenvalue weighted by molar-refractivity contribution is -0.148. The van der Waals surface area contributed by atoms with E-state index >= 15 is 0 Å². The summed E-state index contributed by atoms with van der Waals surface area (Å²) in [5.41, 5.74) is 0.399. The zero-order valence-electron chi connectivity index (χ0n) is 30.1. The number of imide groups is 1. The molecule has 2 aromatic carbocycles. The molecule has 0 bridgehead atoms. The molecule has 13 nitrogen and oxygen atoms in total. The van der Waals surface area contributed by atoms with Crippen molar-refractivity contribution >= 4 is 64.1 Å². The molecule has 1 heterocycles. The summed E-state index contributed by atoms with van der Waals surface area (Å²) >= 11 is 0. The highest BCUT2D eigenvalue weighted by atomic mass is 31.0. The molecule has 3 unspecified atom stereocenters. The Morgan fingerprint density at radius 2 is 1.45 bits per heavy atom. The quantitative estimate of drug-likeness (QED) is 0.0991. The Balaban J connectivity index is 1.51. The number of hydrogen-bond acceptors (Lipinski definition) is 7. The van der Waals surface area contributed by atoms with E-state index in [1.807, 2.05) is 13.0 Å². The van der Waals surface area contributed by atoms with Crippen LogP contribution >= 0.6 is 9.24 Å². The average molecular weight is 719 g/mol. The Kier molecular flexibility index (Phi) is 13.7. The van der Waals surface area contributed by atoms with E-state index in [9.17, 15) is 33.6 Å². The maximum Gasteiger partial charge on any atom is 0.243 e. The lowest BCUT2D eigenvalue weighted by Crippen LogP contribution is -2.55. The molecule has 0 aliphatic carbocycles. The van der Waals surface area contributed by atoms with Gasteiger partial charge in [-0.1, -0.05) is 74.6 Å². The van der Waals surface area contributed by atoms with Crippen LogP contribution in [0, 0.1) is 5.41 Å². The van der Waals surface area contributed by atoms with Gasteiger partial charge in [-0.25, -0.2) is 0 Å². The Morgan fingerprint density at radius 3 is 2.02 bits per heavy atom. The second-order valence-electron chi connectivity index (χ2n) is 14.4. The lowest BCUT2D eigenvalue weighted by atomic mass is 9.83. The Morgan fingerprint density at radius 1 is 0.863 bits per heavy atom. The van der Waals surface area contributed by atoms with Crippen LogP contribution in [-0.2, 0) is 40.0 Å². The minimum Gasteiger partial charge on any atom is -0.346 e. The first-order valence-corrected chi connectivity index (χ1v) is 17.3. The van der Waals surface area contributed by atoms with Crippen LogP contribution in [0.3, 0.4) is 0 Å². The molecule has 2 aromatic rings. The second kappa shape index (κ2) is 17.1. The molecule has 1 fully saturated rings. The zero-order valence-corrected chi connectivity index (χ0v) is 31.2. The summed E-state index contributed by atoms with van der Waals surface area (Å²) < 4.78 is 0. The van der Waals surface area contributed by atoms with Crippen molar-refractivity contribution in [2.75, 3.05) is 25.0 Å². The van der Waals surface area contributed by atoms with Crippen molar-refractivity contribution in [2.45, 2.75) is 83.4 Å². The van der Waals surface area contributed by atoms with Crippen molar-refractivity contribution in [1.82, 2.24) is 26.2 Å². The van der Waals surface area contributed by atoms with Gasteiger partial charge < -0.3 is 26.6 Å². The summed E-state index contributed by atoms with van der Waals surface area (Å²) in [6, 6.07) is 14.9. The molecule has 2 radical (unpaired) electrons. The topological polar surface area (TPSA) is 183 Å². The highest BCUT2D eigenvalue weighted by molar-refractivity contribution is 7.21. The van der Waals surface area contributed by atoms with E-state index < -0.39 is 64.8 Å². The van der Waals surface area contributed by atoms with Gasteiger partial charge in [-0.05, 0) is 44.9 Å². The van der Waals surface area contributed by atoms with Gasteiger partial charge in [-0.15, -0.1) is 9.24 Å². The lowest BCUT2D eigenvalue weighted by Gasteiger charge is -2.40. The third kappa shape index (κ3) is 11.7. The van der Waals surface area contributed by atoms with E-state index in [1.165, 1.54) is 4.90 Å². The van der Waals surface area contributed by atoms with E-state index in [1.54, 1.807) is 83.1 Å². The number of anilines is 1. The summed E-state index contributed by atoms with van der Waals surface area (Å²) in [7, 11) is 8.30. The molecule has 5 N–H and O–H groups in total. The van der Waals surface area contributed by atoms with Crippen LogP contribution in [0.1, 0.15) is 71.3 Å². The minimum atomic E-state index is -1.14. The van der Waals surface area contributed by atoms with Gasteiger partial charge in [0.05, 0.1) is 38.1 Å². The van der Waals surface area contributed by atoms with Gasteiger partial charge >= 0.3 is 0 Å². The summed E-state index contributed by atoms with van der Waals surface area (Å²) in [5.74, 6) is -3.65. The molecule has 3 rings (SSSR count). The number of carbonyl (C=O) groups is 7. The fourth-order valence-electron chi connectivity index (χ4n) is 5.89. The van der Waals surface area contributed by atoms with E-state index in [2.05, 4.69) is 35.8 Å². The van der Waals surface area contributed by atoms with Crippen molar-refractivity contribution in [3.05, 3.63) is 65.7 Å². The predicted octanol–water partition coefficient (Wildman–Crippen LogP) is 1.52. The SMILES string of the molecule is [B]C(C)c1ccc(NC(=O)CNC(=O)[C@H](Cc2ccccc2)NC(=O)CNC(=O)CNC(=O)C(C)(P)CC(C)(C)N2C(=O)CC(C)(C)C2=O)cc1. The van der Waals surface area contributed by atoms with Gasteiger partial charge in [0.2, 0.25) is 41.4 Å². The van der Waals surface area contributed by atoms with E-state index in [0.717, 1.165) is 11.1 Å². The van der Waals surface area contributed by atoms with Crippen LogP contribution < -0.4 is 26.6 Å². The minimum absolute atomic E-state index is 0.0861. The van der Waals surface area contributed by atoms with Gasteiger partial charge in [-0.3, -0.25) is 38.5 Å². The molecule has 0 aromatic heterocycles. The molecule has 1 aliphatic rings. The second-order valence-corrected chi connectivity index (χ2v) is 15.7. The smallest absolute Gasteiger partial charge is 0.243 e. The van der Waals surface area contributed by atoms with Crippen LogP contribution in [0.2, 0.25) is 0 Å². The fraction of sp³-hybridized carbons (Fsp3) is 0.472. The van der Waals surface area contributed by atoms with Crippen molar-refractivity contribution in [3.8, 4) is 0 Å². The van der Waals surface area contributed by atoms with Gasteiger partial charge in [0.1, 0.15) is 6.04 Å². The Labute approximate surface area is 302 Å². The monoisotopic (exact) mass is 718 g/mol. The Hall–Kier alpha value is -4.58. The summed E-state index contributed by atoms with van der Waals surface area (Å²) in [6.45, 7) is 9.05. The normalized spacial score (nSPS) is 16.3. The molecular formula is C36H48BN6O7P. The standard InChI is InChI=1S/C36H48BN6O7P/c1-22(37)24-12-14-25(15-13-24)41-28(45)20-39-31(48)26(16-23-10-8-7-9-11-23)42-29(46)19-38-27(44)18-40-32(49)36(6,51)21-35(4,5)43-30(47)17-34(2,3)33(43)50/h7-15,22,26H,16-21,51H2,1-6H3,(H,38,44)(H,39,48)(H,40,49)(H,41,45)(H,42,46)/t22?,26-,36?/m0/s1. The number of nitrogens with one attached hydrogen (secondary N) is 5. The van der Waals surface area contributed by atoms with Crippen LogP contribution in [-0.4, -0.2) is 90.5 Å². The highest BCUT2D eigenvalue weighted by Gasteiger charge is 2.52. The van der Waals surface area contributed by atoms with Crippen molar-refractivity contribution in [2.24, 2.45) is 5.41 Å². The molecule has 0 saturated carbocycles. The number of benzene rings is 2. The third-order valence-corrected chi connectivity index (χ3v) is 8.95. The van der Waals surface area contributed by atoms with Crippen molar-refractivity contribution in [3.63, 3.8) is 0 Å². The summed E-state index contributed by atoms with van der Waals surface area (Å²) in [6.07, 6.45) is 0.322. The van der Waals surface area contributed by atoms with Gasteiger partial charge in [0, 0.05) is 24.1 Å². The first kappa shape index (κ1) is 40.9. The van der Waals surface area contributed by atoms with Gasteiger partial charge in [0.15, 0.2) is 0 Å². The van der Waals surface area contributed by atoms with Crippen LogP contribution in [0.15, 0.2) is 54.6 Å². The number of rotatable bonds is 16. The van der Waals surface area contributed by atoms with Crippen LogP contribution in [0.5, 0.6) is 0 Å². The van der Waals surface area contributed by atoms with E-state index in [4.69, 9.17) is 7.85 Å². The molecule has 1 aliphatic heterocycles. The van der Waals surface area contributed by atoms with Crippen molar-refractivity contribution < 1.29 is 33.6 Å². The predicted molar refractivity (Wildman–Crippen MR) is 197 cm³/mol. The molecule has 4 atom stereocenters. The van der Waals surface area contributed by atoms with Crippen molar-refractivity contribution in [1.29, 1.82) is 0 Å². The fourth-order valence-corrected chi connectivity index (χ4v) is 6.49. The largest absolute Gasteiger partial charge is 0.346 e. The summed E-state index contributed by atoms with van der Waals surface area (Å²) in [5, 5.41) is 11.7. The average Bonchev–Trinajstić information content (AvgIpc) is 3.26. The molecule has 7 amide bonds. The molecular weight excluding hydrogens is 670 g/mol. The van der Waals surface area contributed by atoms with Crippen LogP contribution in [0.4, 0.5) is 5.69 Å². The van der Waals surface area contributed by atoms with Gasteiger partial charge in [-0.2, -0.15) is 0 Å². The molecule has 15 heteroatoms. The highest BCUT2D eigenvalue weighted by Crippen LogP contribution is 2.40. The van der Waals surface area contributed by atoms with Crippen LogP contribution in [0.25, 0.3) is 0 Å². The van der Waals surface area contributed by atoms with E-state index in [-0.39, 0.29) is 43.4 Å². The maximum absolute atomic E-state index is 13.1. The molecule has 51 heavy (non-hydrogen) atoms. The molecule has 1 saturated heterocycles. The first-order valence-electron chi connectivity index (χ1n) is 16.7. The molecule has 272 valence electrons. The first-order chi connectivity index (χ1) is 23.7. The van der Waals surface area contributed by atoms with E-state index in [0.29, 0.717) is 5.69 Å². The Bertz CT molecular complexity index is 1630. The number of amides is 7. The number of likely N-dealkylation sites (tertiary alicyclic amines) is 1. The number of nitrogens with zero attached hydrogens (tertiary/aromatic N) is 1. The van der Waals surface area contributed by atoms with Gasteiger partial charge in [0.25, 0.3) is 0 Å².